The molecule has 112 valence electrons. The van der Waals surface area contributed by atoms with Gasteiger partial charge in [0.1, 0.15) is 0 Å². The summed E-state index contributed by atoms with van der Waals surface area (Å²) in [4.78, 5) is 16.2. The highest BCUT2D eigenvalue weighted by Gasteiger charge is 1.98. The number of unbranched alkanes of at least 4 members (excludes halogenated alkanes) is 2. The molecule has 0 aromatic heterocycles. The smallest absolute Gasteiger partial charge is 0.185 e. The van der Waals surface area contributed by atoms with Crippen LogP contribution >= 0.6 is 0 Å². The van der Waals surface area contributed by atoms with Crippen molar-refractivity contribution in [3.8, 4) is 0 Å². The topological polar surface area (TPSA) is 29.4 Å². The summed E-state index contributed by atoms with van der Waals surface area (Å²) in [5.41, 5.74) is 2.97. The first-order chi connectivity index (χ1) is 10.8. The highest BCUT2D eigenvalue weighted by molar-refractivity contribution is 6.04. The second-order valence-electron chi connectivity index (χ2n) is 5.21. The molecule has 2 rings (SSSR count). The molecule has 0 fully saturated rings. The van der Waals surface area contributed by atoms with Gasteiger partial charge in [0, 0.05) is 11.8 Å². The van der Waals surface area contributed by atoms with E-state index in [0.717, 1.165) is 30.5 Å². The Labute approximate surface area is 132 Å². The first-order valence-corrected chi connectivity index (χ1v) is 7.61. The molecule has 0 aliphatic rings. The Bertz CT molecular complexity index is 639. The zero-order chi connectivity index (χ0) is 15.6. The van der Waals surface area contributed by atoms with Gasteiger partial charge < -0.3 is 0 Å². The number of nitrogens with zero attached hydrogens (tertiary/aromatic N) is 1. The third-order valence-electron chi connectivity index (χ3n) is 3.31. The first kappa shape index (κ1) is 15.9. The number of carbonyl (C=O) groups is 1. The number of aliphatic imine (C=N–C) groups is 1. The van der Waals surface area contributed by atoms with Crippen LogP contribution in [0.25, 0.3) is 0 Å². The quantitative estimate of drug-likeness (QED) is 0.294. The van der Waals surface area contributed by atoms with Crippen LogP contribution in [0.3, 0.4) is 0 Å². The maximum absolute atomic E-state index is 11.8. The van der Waals surface area contributed by atoms with Gasteiger partial charge in [-0.2, -0.15) is 0 Å². The molecule has 0 radical (unpaired) electrons. The van der Waals surface area contributed by atoms with Crippen LogP contribution in [0, 0.1) is 6.92 Å². The Kier molecular flexibility index (Phi) is 6.31. The van der Waals surface area contributed by atoms with Crippen molar-refractivity contribution in [2.45, 2.75) is 26.2 Å². The van der Waals surface area contributed by atoms with E-state index in [9.17, 15) is 4.79 Å². The molecule has 2 nitrogen and oxygen atoms in total. The van der Waals surface area contributed by atoms with Crippen molar-refractivity contribution < 1.29 is 4.79 Å². The molecule has 0 aliphatic heterocycles. The molecule has 0 saturated carbocycles. The predicted molar refractivity (Wildman–Crippen MR) is 93.1 cm³/mol. The van der Waals surface area contributed by atoms with Gasteiger partial charge in [-0.05, 0) is 44.4 Å². The Balaban J connectivity index is 1.68. The molecule has 2 heteroatoms. The Hall–Kier alpha value is -2.48. The molecule has 0 N–H and O–H groups in total. The van der Waals surface area contributed by atoms with Crippen molar-refractivity contribution in [2.75, 3.05) is 0 Å². The van der Waals surface area contributed by atoms with Gasteiger partial charge in [0.25, 0.3) is 0 Å². The summed E-state index contributed by atoms with van der Waals surface area (Å²) in [6.07, 6.45) is 8.34. The van der Waals surface area contributed by atoms with E-state index in [4.69, 9.17) is 0 Å². The third-order valence-corrected chi connectivity index (χ3v) is 3.31. The minimum atomic E-state index is 0.0638. The lowest BCUT2D eigenvalue weighted by molar-refractivity contribution is 0.104. The summed E-state index contributed by atoms with van der Waals surface area (Å²) in [5, 5.41) is 0. The Morgan fingerprint density at radius 1 is 1.00 bits per heavy atom. The largest absolute Gasteiger partial charge is 0.289 e. The van der Waals surface area contributed by atoms with Gasteiger partial charge in [-0.15, -0.1) is 0 Å². The maximum Gasteiger partial charge on any atom is 0.185 e. The second kappa shape index (κ2) is 8.73. The number of aryl methyl sites for hydroxylation is 1. The monoisotopic (exact) mass is 291 g/mol. The molecule has 0 atom stereocenters. The van der Waals surface area contributed by atoms with Crippen molar-refractivity contribution in [1.82, 2.24) is 0 Å². The molecule has 0 spiro atoms. The van der Waals surface area contributed by atoms with Crippen molar-refractivity contribution in [2.24, 2.45) is 4.99 Å². The fourth-order valence-corrected chi connectivity index (χ4v) is 2.02. The highest BCUT2D eigenvalue weighted by atomic mass is 16.1. The van der Waals surface area contributed by atoms with E-state index in [1.165, 1.54) is 5.56 Å². The van der Waals surface area contributed by atoms with Gasteiger partial charge in [-0.25, -0.2) is 0 Å². The van der Waals surface area contributed by atoms with Gasteiger partial charge in [-0.1, -0.05) is 54.1 Å². The minimum Gasteiger partial charge on any atom is -0.289 e. The summed E-state index contributed by atoms with van der Waals surface area (Å²) in [6.45, 7) is 2.07. The molecule has 0 saturated heterocycles. The number of ketones is 1. The molecule has 22 heavy (non-hydrogen) atoms. The third kappa shape index (κ3) is 5.49. The lowest BCUT2D eigenvalue weighted by atomic mass is 10.1. The first-order valence-electron chi connectivity index (χ1n) is 7.61. The molecule has 0 unspecified atom stereocenters. The van der Waals surface area contributed by atoms with Crippen molar-refractivity contribution in [3.05, 3.63) is 77.9 Å². The molecular formula is C20H21NO. The van der Waals surface area contributed by atoms with Gasteiger partial charge in [0.15, 0.2) is 5.78 Å². The van der Waals surface area contributed by atoms with Crippen molar-refractivity contribution in [3.63, 3.8) is 0 Å². The van der Waals surface area contributed by atoms with E-state index in [-0.39, 0.29) is 5.78 Å². The fourth-order valence-electron chi connectivity index (χ4n) is 2.02. The SMILES string of the molecule is Cc1ccc(N=CCCC/C=C/C(=O)c2ccccc2)cc1. The number of rotatable bonds is 7. The molecule has 0 aliphatic carbocycles. The minimum absolute atomic E-state index is 0.0638. The van der Waals surface area contributed by atoms with Crippen molar-refractivity contribution in [1.29, 1.82) is 0 Å². The summed E-state index contributed by atoms with van der Waals surface area (Å²) < 4.78 is 0. The standard InChI is InChI=1S/C20H21NO/c1-17-12-14-19(15-13-17)21-16-8-3-2-7-11-20(22)18-9-5-4-6-10-18/h4-7,9-16H,2-3,8H2,1H3/b11-7+,21-16?. The van der Waals surface area contributed by atoms with E-state index >= 15 is 0 Å². The fraction of sp³-hybridized carbons (Fsp3) is 0.200. The summed E-state index contributed by atoms with van der Waals surface area (Å²) in [6, 6.07) is 17.5. The van der Waals surface area contributed by atoms with Gasteiger partial charge in [-0.3, -0.25) is 9.79 Å². The summed E-state index contributed by atoms with van der Waals surface area (Å²) in [7, 11) is 0. The van der Waals surface area contributed by atoms with Crippen LogP contribution in [0.1, 0.15) is 35.2 Å². The highest BCUT2D eigenvalue weighted by Crippen LogP contribution is 2.12. The number of benzene rings is 2. The van der Waals surface area contributed by atoms with Crippen LogP contribution in [0.5, 0.6) is 0 Å². The van der Waals surface area contributed by atoms with Crippen LogP contribution in [0.15, 0.2) is 71.7 Å². The molecule has 2 aromatic rings. The van der Waals surface area contributed by atoms with Gasteiger partial charge in [0.05, 0.1) is 5.69 Å². The molecular weight excluding hydrogens is 270 g/mol. The molecule has 0 heterocycles. The molecule has 0 bridgehead atoms. The van der Waals surface area contributed by atoms with E-state index in [1.54, 1.807) is 6.08 Å². The van der Waals surface area contributed by atoms with E-state index < -0.39 is 0 Å². The van der Waals surface area contributed by atoms with Crippen LogP contribution in [-0.4, -0.2) is 12.0 Å². The van der Waals surface area contributed by atoms with Crippen LogP contribution < -0.4 is 0 Å². The number of allylic oxidation sites excluding steroid dienone is 2. The average molecular weight is 291 g/mol. The van der Waals surface area contributed by atoms with Crippen molar-refractivity contribution >= 4 is 17.7 Å². The molecule has 2 aromatic carbocycles. The lowest BCUT2D eigenvalue weighted by Crippen LogP contribution is -1.92. The molecule has 0 amide bonds. The van der Waals surface area contributed by atoms with E-state index in [0.29, 0.717) is 0 Å². The maximum atomic E-state index is 11.8. The average Bonchev–Trinajstić information content (AvgIpc) is 2.56. The van der Waals surface area contributed by atoms with Crippen LogP contribution in [0.4, 0.5) is 5.69 Å². The number of hydrogen-bond acceptors (Lipinski definition) is 2. The Morgan fingerprint density at radius 2 is 1.73 bits per heavy atom. The second-order valence-corrected chi connectivity index (χ2v) is 5.21. The van der Waals surface area contributed by atoms with Crippen LogP contribution in [-0.2, 0) is 0 Å². The summed E-state index contributed by atoms with van der Waals surface area (Å²) in [5.74, 6) is 0.0638. The predicted octanol–water partition coefficient (Wildman–Crippen LogP) is 5.31. The Morgan fingerprint density at radius 3 is 2.45 bits per heavy atom. The number of hydrogen-bond donors (Lipinski definition) is 0. The zero-order valence-electron chi connectivity index (χ0n) is 12.9. The normalized spacial score (nSPS) is 11.3. The van der Waals surface area contributed by atoms with Gasteiger partial charge >= 0.3 is 0 Å². The lowest BCUT2D eigenvalue weighted by Gasteiger charge is -1.95. The summed E-state index contributed by atoms with van der Waals surface area (Å²) >= 11 is 0. The van der Waals surface area contributed by atoms with E-state index in [2.05, 4.69) is 24.0 Å². The zero-order valence-corrected chi connectivity index (χ0v) is 12.9. The van der Waals surface area contributed by atoms with E-state index in [1.807, 2.05) is 54.8 Å². The van der Waals surface area contributed by atoms with Crippen LogP contribution in [0.2, 0.25) is 0 Å². The number of carbonyl (C=O) groups excluding carboxylic acids is 1. The van der Waals surface area contributed by atoms with Gasteiger partial charge in [0.2, 0.25) is 0 Å².